The van der Waals surface area contributed by atoms with Gasteiger partial charge in [0.1, 0.15) is 11.6 Å². The lowest BCUT2D eigenvalue weighted by Gasteiger charge is -2.09. The van der Waals surface area contributed by atoms with Gasteiger partial charge in [0.05, 0.1) is 12.7 Å². The Morgan fingerprint density at radius 2 is 1.64 bits per heavy atom. The van der Waals surface area contributed by atoms with Crippen LogP contribution in [-0.4, -0.2) is 18.9 Å². The van der Waals surface area contributed by atoms with E-state index in [0.29, 0.717) is 11.1 Å². The number of rotatable bonds is 6. The summed E-state index contributed by atoms with van der Waals surface area (Å²) in [6, 6.07) is 19.4. The maximum atomic E-state index is 13.7. The second-order valence-electron chi connectivity index (χ2n) is 6.70. The van der Waals surface area contributed by atoms with Crippen LogP contribution in [0.3, 0.4) is 0 Å². The number of aryl methyl sites for hydroxylation is 1. The standard InChI is InChI=1S/C24H21FO3/c1-16-7-10-20(24(27)28-2)15-22(16)18-11-8-17(9-12-18)13-21(26)14-19-5-3-4-6-23(19)25/h3-12,15H,13-14H2,1-2H3. The highest BCUT2D eigenvalue weighted by atomic mass is 19.1. The minimum Gasteiger partial charge on any atom is -0.465 e. The van der Waals surface area contributed by atoms with E-state index in [0.717, 1.165) is 22.3 Å². The third kappa shape index (κ3) is 4.52. The minimum absolute atomic E-state index is 0.0401. The molecule has 0 aliphatic heterocycles. The van der Waals surface area contributed by atoms with E-state index in [4.69, 9.17) is 4.74 Å². The number of halogens is 1. The van der Waals surface area contributed by atoms with Crippen LogP contribution in [-0.2, 0) is 22.4 Å². The Bertz CT molecular complexity index is 1010. The molecule has 0 radical (unpaired) electrons. The van der Waals surface area contributed by atoms with Gasteiger partial charge in [-0.05, 0) is 52.9 Å². The lowest BCUT2D eigenvalue weighted by Crippen LogP contribution is -2.07. The van der Waals surface area contributed by atoms with E-state index in [1.165, 1.54) is 13.2 Å². The highest BCUT2D eigenvalue weighted by molar-refractivity contribution is 5.91. The molecule has 0 bridgehead atoms. The summed E-state index contributed by atoms with van der Waals surface area (Å²) < 4.78 is 18.5. The van der Waals surface area contributed by atoms with Gasteiger partial charge in [-0.15, -0.1) is 0 Å². The van der Waals surface area contributed by atoms with Crippen molar-refractivity contribution in [1.29, 1.82) is 0 Å². The van der Waals surface area contributed by atoms with Crippen LogP contribution in [0.15, 0.2) is 66.7 Å². The van der Waals surface area contributed by atoms with Crippen LogP contribution in [0, 0.1) is 12.7 Å². The maximum absolute atomic E-state index is 13.7. The predicted octanol–water partition coefficient (Wildman–Crippen LogP) is 4.94. The first-order valence-electron chi connectivity index (χ1n) is 9.01. The SMILES string of the molecule is COC(=O)c1ccc(C)c(-c2ccc(CC(=O)Cc3ccccc3F)cc2)c1. The summed E-state index contributed by atoms with van der Waals surface area (Å²) in [5.41, 5.74) is 4.70. The van der Waals surface area contributed by atoms with Crippen LogP contribution < -0.4 is 0 Å². The molecule has 0 N–H and O–H groups in total. The van der Waals surface area contributed by atoms with Gasteiger partial charge in [-0.25, -0.2) is 9.18 Å². The Hall–Kier alpha value is -3.27. The quantitative estimate of drug-likeness (QED) is 0.572. The summed E-state index contributed by atoms with van der Waals surface area (Å²) >= 11 is 0. The monoisotopic (exact) mass is 376 g/mol. The molecule has 28 heavy (non-hydrogen) atoms. The Balaban J connectivity index is 1.74. The third-order valence-corrected chi connectivity index (χ3v) is 4.67. The molecule has 0 spiro atoms. The molecule has 3 rings (SSSR count). The summed E-state index contributed by atoms with van der Waals surface area (Å²) in [5, 5.41) is 0. The number of Topliss-reactive ketones (excluding diaryl/α,β-unsaturated/α-hetero) is 1. The Kier molecular flexibility index (Phi) is 5.99. The number of hydrogen-bond acceptors (Lipinski definition) is 3. The van der Waals surface area contributed by atoms with E-state index in [1.54, 1.807) is 30.3 Å². The van der Waals surface area contributed by atoms with Crippen molar-refractivity contribution in [3.8, 4) is 11.1 Å². The average molecular weight is 376 g/mol. The van der Waals surface area contributed by atoms with E-state index in [-0.39, 0.29) is 30.4 Å². The summed E-state index contributed by atoms with van der Waals surface area (Å²) in [4.78, 5) is 24.0. The van der Waals surface area contributed by atoms with Gasteiger partial charge in [-0.2, -0.15) is 0 Å². The molecule has 0 aliphatic rings. The largest absolute Gasteiger partial charge is 0.465 e. The van der Waals surface area contributed by atoms with Gasteiger partial charge >= 0.3 is 5.97 Å². The number of ether oxygens (including phenoxy) is 1. The summed E-state index contributed by atoms with van der Waals surface area (Å²) in [5.74, 6) is -0.773. The first kappa shape index (κ1) is 19.5. The zero-order valence-corrected chi connectivity index (χ0v) is 15.9. The van der Waals surface area contributed by atoms with Gasteiger partial charge in [0, 0.05) is 12.8 Å². The van der Waals surface area contributed by atoms with Gasteiger partial charge in [0.25, 0.3) is 0 Å². The molecule has 0 fully saturated rings. The lowest BCUT2D eigenvalue weighted by atomic mass is 9.96. The number of methoxy groups -OCH3 is 1. The van der Waals surface area contributed by atoms with E-state index < -0.39 is 0 Å². The van der Waals surface area contributed by atoms with Crippen molar-refractivity contribution in [3.63, 3.8) is 0 Å². The number of benzene rings is 3. The van der Waals surface area contributed by atoms with Gasteiger partial charge in [0.2, 0.25) is 0 Å². The Morgan fingerprint density at radius 1 is 0.929 bits per heavy atom. The van der Waals surface area contributed by atoms with Gasteiger partial charge in [-0.3, -0.25) is 4.79 Å². The maximum Gasteiger partial charge on any atom is 0.337 e. The number of carbonyl (C=O) groups excluding carboxylic acids is 2. The predicted molar refractivity (Wildman–Crippen MR) is 107 cm³/mol. The number of esters is 1. The average Bonchev–Trinajstić information content (AvgIpc) is 2.70. The molecule has 0 heterocycles. The smallest absolute Gasteiger partial charge is 0.337 e. The fourth-order valence-corrected chi connectivity index (χ4v) is 3.12. The zero-order valence-electron chi connectivity index (χ0n) is 15.9. The van der Waals surface area contributed by atoms with Crippen molar-refractivity contribution in [1.82, 2.24) is 0 Å². The fraction of sp³-hybridized carbons (Fsp3) is 0.167. The van der Waals surface area contributed by atoms with Crippen LogP contribution in [0.5, 0.6) is 0 Å². The van der Waals surface area contributed by atoms with Gasteiger partial charge in [0.15, 0.2) is 0 Å². The van der Waals surface area contributed by atoms with Gasteiger partial charge < -0.3 is 4.74 Å². The molecule has 0 unspecified atom stereocenters. The highest BCUT2D eigenvalue weighted by Crippen LogP contribution is 2.25. The molecule has 0 atom stereocenters. The van der Waals surface area contributed by atoms with E-state index in [2.05, 4.69) is 0 Å². The molecule has 4 heteroatoms. The molecule has 3 aromatic rings. The van der Waals surface area contributed by atoms with Crippen LogP contribution in [0.1, 0.15) is 27.0 Å². The van der Waals surface area contributed by atoms with Crippen molar-refractivity contribution in [2.75, 3.05) is 7.11 Å². The molecular formula is C24H21FO3. The number of carbonyl (C=O) groups is 2. The zero-order chi connectivity index (χ0) is 20.1. The van der Waals surface area contributed by atoms with Crippen LogP contribution >= 0.6 is 0 Å². The normalized spacial score (nSPS) is 10.5. The topological polar surface area (TPSA) is 43.4 Å². The van der Waals surface area contributed by atoms with Crippen molar-refractivity contribution in [3.05, 3.63) is 94.8 Å². The molecule has 0 aromatic heterocycles. The molecule has 0 saturated carbocycles. The van der Waals surface area contributed by atoms with Crippen molar-refractivity contribution in [2.24, 2.45) is 0 Å². The molecule has 0 saturated heterocycles. The van der Waals surface area contributed by atoms with Gasteiger partial charge in [-0.1, -0.05) is 48.5 Å². The van der Waals surface area contributed by atoms with Crippen molar-refractivity contribution < 1.29 is 18.7 Å². The summed E-state index contributed by atoms with van der Waals surface area (Å²) in [7, 11) is 1.36. The number of hydrogen-bond donors (Lipinski definition) is 0. The fourth-order valence-electron chi connectivity index (χ4n) is 3.12. The van der Waals surface area contributed by atoms with Crippen molar-refractivity contribution >= 4 is 11.8 Å². The second-order valence-corrected chi connectivity index (χ2v) is 6.70. The molecule has 3 nitrogen and oxygen atoms in total. The lowest BCUT2D eigenvalue weighted by molar-refractivity contribution is -0.117. The first-order chi connectivity index (χ1) is 13.5. The highest BCUT2D eigenvalue weighted by Gasteiger charge is 2.11. The molecule has 142 valence electrons. The van der Waals surface area contributed by atoms with E-state index in [9.17, 15) is 14.0 Å². The first-order valence-corrected chi connectivity index (χ1v) is 9.01. The van der Waals surface area contributed by atoms with E-state index in [1.807, 2.05) is 37.3 Å². The molecular weight excluding hydrogens is 355 g/mol. The summed E-state index contributed by atoms with van der Waals surface area (Å²) in [6.07, 6.45) is 0.324. The van der Waals surface area contributed by atoms with Crippen LogP contribution in [0.25, 0.3) is 11.1 Å². The molecule has 0 amide bonds. The molecule has 3 aromatic carbocycles. The van der Waals surface area contributed by atoms with Crippen LogP contribution in [0.2, 0.25) is 0 Å². The Morgan fingerprint density at radius 3 is 2.32 bits per heavy atom. The number of ketones is 1. The third-order valence-electron chi connectivity index (χ3n) is 4.67. The summed E-state index contributed by atoms with van der Waals surface area (Å²) in [6.45, 7) is 1.97. The van der Waals surface area contributed by atoms with Crippen molar-refractivity contribution in [2.45, 2.75) is 19.8 Å². The van der Waals surface area contributed by atoms with Crippen LogP contribution in [0.4, 0.5) is 4.39 Å². The Labute approximate surface area is 163 Å². The second kappa shape index (κ2) is 8.61. The molecule has 0 aliphatic carbocycles. The van der Waals surface area contributed by atoms with E-state index >= 15 is 0 Å². The minimum atomic E-state index is -0.378.